The van der Waals surface area contributed by atoms with Crippen LogP contribution in [0.15, 0.2) is 54.6 Å². The summed E-state index contributed by atoms with van der Waals surface area (Å²) in [5, 5.41) is 5.82. The van der Waals surface area contributed by atoms with Crippen molar-refractivity contribution in [1.82, 2.24) is 15.5 Å². The SMILES string of the molecule is Cc1ccccc1C(=O)NC1CCN(C(=O)[C@@H](NC(=O)OCc2ccccc2)C(C)C)CC1. The molecule has 0 aliphatic carbocycles. The molecule has 0 saturated carbocycles. The van der Waals surface area contributed by atoms with E-state index in [0.717, 1.165) is 11.1 Å². The summed E-state index contributed by atoms with van der Waals surface area (Å²) in [6.07, 6.45) is 0.741. The van der Waals surface area contributed by atoms with E-state index in [1.54, 1.807) is 4.90 Å². The van der Waals surface area contributed by atoms with E-state index in [9.17, 15) is 14.4 Å². The molecule has 0 bridgehead atoms. The largest absolute Gasteiger partial charge is 0.445 e. The van der Waals surface area contributed by atoms with Crippen LogP contribution >= 0.6 is 0 Å². The predicted molar refractivity (Wildman–Crippen MR) is 127 cm³/mol. The van der Waals surface area contributed by atoms with Crippen molar-refractivity contribution < 1.29 is 19.1 Å². The first kappa shape index (κ1) is 24.3. The molecule has 7 nitrogen and oxygen atoms in total. The summed E-state index contributed by atoms with van der Waals surface area (Å²) in [6, 6.07) is 16.3. The number of carbonyl (C=O) groups excluding carboxylic acids is 3. The standard InChI is InChI=1S/C26H33N3O4/c1-18(2)23(28-26(32)33-17-20-10-5-4-6-11-20)25(31)29-15-13-21(14-16-29)27-24(30)22-12-8-7-9-19(22)3/h4-12,18,21,23H,13-17H2,1-3H3,(H,27,30)(H,28,32)/t23-/m0/s1. The fraction of sp³-hybridized carbons (Fsp3) is 0.423. The van der Waals surface area contributed by atoms with Gasteiger partial charge in [-0.3, -0.25) is 9.59 Å². The van der Waals surface area contributed by atoms with Crippen LogP contribution in [0.1, 0.15) is 48.2 Å². The lowest BCUT2D eigenvalue weighted by molar-refractivity contribution is -0.135. The van der Waals surface area contributed by atoms with Crippen molar-refractivity contribution in [2.75, 3.05) is 13.1 Å². The summed E-state index contributed by atoms with van der Waals surface area (Å²) in [4.78, 5) is 39.8. The van der Waals surface area contributed by atoms with Gasteiger partial charge in [0.05, 0.1) is 0 Å². The minimum absolute atomic E-state index is 0.0162. The molecule has 3 amide bonds. The lowest BCUT2D eigenvalue weighted by Gasteiger charge is -2.35. The van der Waals surface area contributed by atoms with Gasteiger partial charge in [-0.2, -0.15) is 0 Å². The van der Waals surface area contributed by atoms with Crippen LogP contribution in [0.25, 0.3) is 0 Å². The molecule has 0 spiro atoms. The normalized spacial score (nSPS) is 15.1. The van der Waals surface area contributed by atoms with Gasteiger partial charge in [-0.05, 0) is 42.9 Å². The average Bonchev–Trinajstić information content (AvgIpc) is 2.82. The first-order valence-corrected chi connectivity index (χ1v) is 11.5. The van der Waals surface area contributed by atoms with E-state index in [0.29, 0.717) is 31.5 Å². The second-order valence-corrected chi connectivity index (χ2v) is 8.82. The van der Waals surface area contributed by atoms with Gasteiger partial charge in [0.2, 0.25) is 5.91 Å². The van der Waals surface area contributed by atoms with E-state index >= 15 is 0 Å². The number of nitrogens with zero attached hydrogens (tertiary/aromatic N) is 1. The second-order valence-electron chi connectivity index (χ2n) is 8.82. The molecule has 7 heteroatoms. The Hall–Kier alpha value is -3.35. The Morgan fingerprint density at radius 2 is 1.64 bits per heavy atom. The maximum Gasteiger partial charge on any atom is 0.408 e. The lowest BCUT2D eigenvalue weighted by atomic mass is 9.99. The van der Waals surface area contributed by atoms with Crippen LogP contribution in [0, 0.1) is 12.8 Å². The molecule has 0 radical (unpaired) electrons. The molecule has 1 atom stereocenters. The van der Waals surface area contributed by atoms with Crippen LogP contribution in [0.2, 0.25) is 0 Å². The third-order valence-corrected chi connectivity index (χ3v) is 5.95. The highest BCUT2D eigenvalue weighted by Gasteiger charge is 2.32. The number of amides is 3. The van der Waals surface area contributed by atoms with Crippen molar-refractivity contribution in [3.8, 4) is 0 Å². The zero-order valence-corrected chi connectivity index (χ0v) is 19.5. The molecular formula is C26H33N3O4. The number of nitrogens with one attached hydrogen (secondary N) is 2. The summed E-state index contributed by atoms with van der Waals surface area (Å²) in [6.45, 7) is 6.92. The predicted octanol–water partition coefficient (Wildman–Crippen LogP) is 3.67. The number of hydrogen-bond acceptors (Lipinski definition) is 4. The van der Waals surface area contributed by atoms with Gasteiger partial charge in [-0.1, -0.05) is 62.4 Å². The summed E-state index contributed by atoms with van der Waals surface area (Å²) in [5.74, 6) is -0.286. The highest BCUT2D eigenvalue weighted by atomic mass is 16.5. The first-order valence-electron chi connectivity index (χ1n) is 11.5. The van der Waals surface area contributed by atoms with E-state index in [-0.39, 0.29) is 30.4 Å². The molecule has 1 aliphatic heterocycles. The fourth-order valence-electron chi connectivity index (χ4n) is 3.94. The molecule has 1 saturated heterocycles. The maximum absolute atomic E-state index is 13.1. The van der Waals surface area contributed by atoms with E-state index in [2.05, 4.69) is 10.6 Å². The maximum atomic E-state index is 13.1. The molecule has 2 N–H and O–H groups in total. The number of alkyl carbamates (subject to hydrolysis) is 1. The Kier molecular flexibility index (Phi) is 8.46. The third-order valence-electron chi connectivity index (χ3n) is 5.95. The number of carbonyl (C=O) groups is 3. The number of rotatable bonds is 7. The van der Waals surface area contributed by atoms with Gasteiger partial charge in [-0.25, -0.2) is 4.79 Å². The number of aryl methyl sites for hydroxylation is 1. The van der Waals surface area contributed by atoms with Crippen LogP contribution < -0.4 is 10.6 Å². The minimum Gasteiger partial charge on any atom is -0.445 e. The van der Waals surface area contributed by atoms with Gasteiger partial charge in [0, 0.05) is 24.7 Å². The molecule has 33 heavy (non-hydrogen) atoms. The number of benzene rings is 2. The summed E-state index contributed by atoms with van der Waals surface area (Å²) >= 11 is 0. The van der Waals surface area contributed by atoms with E-state index in [1.165, 1.54) is 0 Å². The van der Waals surface area contributed by atoms with Crippen LogP contribution in [0.3, 0.4) is 0 Å². The van der Waals surface area contributed by atoms with Crippen LogP contribution in [-0.4, -0.2) is 48.0 Å². The molecule has 3 rings (SSSR count). The zero-order valence-electron chi connectivity index (χ0n) is 19.5. The Labute approximate surface area is 195 Å². The quantitative estimate of drug-likeness (QED) is 0.672. The molecule has 2 aromatic rings. The smallest absolute Gasteiger partial charge is 0.408 e. The van der Waals surface area contributed by atoms with Crippen molar-refractivity contribution in [2.24, 2.45) is 5.92 Å². The number of ether oxygens (including phenoxy) is 1. The monoisotopic (exact) mass is 451 g/mol. The van der Waals surface area contributed by atoms with Crippen LogP contribution in [0.4, 0.5) is 4.79 Å². The van der Waals surface area contributed by atoms with E-state index < -0.39 is 12.1 Å². The third kappa shape index (κ3) is 6.81. The summed E-state index contributed by atoms with van der Waals surface area (Å²) < 4.78 is 5.29. The number of likely N-dealkylation sites (tertiary alicyclic amines) is 1. The topological polar surface area (TPSA) is 87.7 Å². The highest BCUT2D eigenvalue weighted by molar-refractivity contribution is 5.95. The molecule has 2 aromatic carbocycles. The van der Waals surface area contributed by atoms with E-state index in [4.69, 9.17) is 4.74 Å². The van der Waals surface area contributed by atoms with Crippen LogP contribution in [0.5, 0.6) is 0 Å². The van der Waals surface area contributed by atoms with Crippen LogP contribution in [-0.2, 0) is 16.1 Å². The van der Waals surface area contributed by atoms with Crippen molar-refractivity contribution >= 4 is 17.9 Å². The Bertz CT molecular complexity index is 953. The van der Waals surface area contributed by atoms with Gasteiger partial charge in [-0.15, -0.1) is 0 Å². The first-order chi connectivity index (χ1) is 15.8. The molecule has 1 heterocycles. The Morgan fingerprint density at radius 3 is 2.27 bits per heavy atom. The van der Waals surface area contributed by atoms with E-state index in [1.807, 2.05) is 75.4 Å². The second kappa shape index (κ2) is 11.5. The van der Waals surface area contributed by atoms with Crippen molar-refractivity contribution in [3.63, 3.8) is 0 Å². The fourth-order valence-corrected chi connectivity index (χ4v) is 3.94. The van der Waals surface area contributed by atoms with Gasteiger partial charge in [0.1, 0.15) is 12.6 Å². The van der Waals surface area contributed by atoms with Crippen molar-refractivity contribution in [3.05, 3.63) is 71.3 Å². The zero-order chi connectivity index (χ0) is 23.8. The van der Waals surface area contributed by atoms with Crippen molar-refractivity contribution in [1.29, 1.82) is 0 Å². The highest BCUT2D eigenvalue weighted by Crippen LogP contribution is 2.16. The Balaban J connectivity index is 1.49. The van der Waals surface area contributed by atoms with Crippen molar-refractivity contribution in [2.45, 2.75) is 52.3 Å². The number of piperidine rings is 1. The molecule has 0 aromatic heterocycles. The summed E-state index contributed by atoms with van der Waals surface area (Å²) in [7, 11) is 0. The average molecular weight is 452 g/mol. The Morgan fingerprint density at radius 1 is 1.00 bits per heavy atom. The minimum atomic E-state index is -0.661. The lowest BCUT2D eigenvalue weighted by Crippen LogP contribution is -2.54. The van der Waals surface area contributed by atoms with Gasteiger partial charge < -0.3 is 20.3 Å². The van der Waals surface area contributed by atoms with Gasteiger partial charge in [0.15, 0.2) is 0 Å². The number of hydrogen-bond donors (Lipinski definition) is 2. The molecule has 1 aliphatic rings. The molecular weight excluding hydrogens is 418 g/mol. The molecule has 176 valence electrons. The van der Waals surface area contributed by atoms with Gasteiger partial charge >= 0.3 is 6.09 Å². The summed E-state index contributed by atoms with van der Waals surface area (Å²) in [5.41, 5.74) is 2.50. The van der Waals surface area contributed by atoms with Gasteiger partial charge in [0.25, 0.3) is 5.91 Å². The molecule has 0 unspecified atom stereocenters. The molecule has 1 fully saturated rings.